The van der Waals surface area contributed by atoms with Crippen LogP contribution in [-0.2, 0) is 11.3 Å². The van der Waals surface area contributed by atoms with E-state index in [0.29, 0.717) is 34.7 Å². The van der Waals surface area contributed by atoms with Gasteiger partial charge in [-0.25, -0.2) is 14.5 Å². The average Bonchev–Trinajstić information content (AvgIpc) is 3.39. The molecule has 1 amide bonds. The number of ether oxygens (including phenoxy) is 1. The molecule has 0 saturated carbocycles. The van der Waals surface area contributed by atoms with Gasteiger partial charge in [-0.1, -0.05) is 19.9 Å². The summed E-state index contributed by atoms with van der Waals surface area (Å²) in [6, 6.07) is 13.1. The van der Waals surface area contributed by atoms with Crippen molar-refractivity contribution in [2.45, 2.75) is 38.9 Å². The van der Waals surface area contributed by atoms with E-state index in [4.69, 9.17) is 9.72 Å². The summed E-state index contributed by atoms with van der Waals surface area (Å²) in [5.74, 6) is 1.33. The van der Waals surface area contributed by atoms with E-state index in [1.807, 2.05) is 50.5 Å². The summed E-state index contributed by atoms with van der Waals surface area (Å²) < 4.78 is 6.81. The minimum atomic E-state index is -0.156. The number of nitriles is 1. The maximum atomic E-state index is 12.3. The lowest BCUT2D eigenvalue weighted by Crippen LogP contribution is -2.68. The van der Waals surface area contributed by atoms with Gasteiger partial charge in [0.05, 0.1) is 36.3 Å². The number of rotatable bonds is 7. The highest BCUT2D eigenvalue weighted by molar-refractivity contribution is 5.94. The van der Waals surface area contributed by atoms with Crippen molar-refractivity contribution < 1.29 is 9.53 Å². The molecule has 39 heavy (non-hydrogen) atoms. The molecular weight excluding hydrogens is 492 g/mol. The largest absolute Gasteiger partial charge is 0.481 e. The number of carbonyl (C=O) groups excluding carboxylic acids is 1. The van der Waals surface area contributed by atoms with Crippen LogP contribution in [0.25, 0.3) is 16.6 Å². The molecule has 1 N–H and O–H groups in total. The van der Waals surface area contributed by atoms with E-state index in [0.717, 1.165) is 36.6 Å². The number of amides is 1. The van der Waals surface area contributed by atoms with E-state index in [9.17, 15) is 10.1 Å². The molecule has 0 aliphatic carbocycles. The van der Waals surface area contributed by atoms with Crippen LogP contribution < -0.4 is 15.0 Å². The van der Waals surface area contributed by atoms with Crippen molar-refractivity contribution in [3.63, 3.8) is 0 Å². The standard InChI is InChI=1S/C29H30N8O2/c1-18(2)29(38)34-22-8-25(28-21(10-30)13-33-37(28)15-22)20-5-6-26(31-12-20)35-16-23-9-24(17-35)36(23)14-19-4-7-27(39-3)32-11-19/h4-8,11-13,15,18,23-24H,9,14,16-17H2,1-3H3,(H,34,38). The maximum absolute atomic E-state index is 12.3. The molecule has 10 heteroatoms. The molecule has 4 aromatic rings. The fourth-order valence-electron chi connectivity index (χ4n) is 5.48. The molecule has 0 spiro atoms. The number of hydrogen-bond acceptors (Lipinski definition) is 8. The minimum Gasteiger partial charge on any atom is -0.481 e. The third-order valence-corrected chi connectivity index (χ3v) is 7.62. The van der Waals surface area contributed by atoms with Gasteiger partial charge in [0.15, 0.2) is 0 Å². The number of carbonyl (C=O) groups is 1. The second-order valence-electron chi connectivity index (χ2n) is 10.5. The quantitative estimate of drug-likeness (QED) is 0.391. The summed E-state index contributed by atoms with van der Waals surface area (Å²) in [6.07, 6.45) is 8.21. The van der Waals surface area contributed by atoms with E-state index in [1.54, 1.807) is 24.0 Å². The number of nitrogens with zero attached hydrogens (tertiary/aromatic N) is 7. The number of nitrogens with one attached hydrogen (secondary N) is 1. The van der Waals surface area contributed by atoms with Gasteiger partial charge in [0.1, 0.15) is 11.9 Å². The molecule has 7 heterocycles. The Morgan fingerprint density at radius 2 is 1.97 bits per heavy atom. The number of hydrogen-bond donors (Lipinski definition) is 1. The Labute approximate surface area is 226 Å². The first-order chi connectivity index (χ1) is 18.9. The van der Waals surface area contributed by atoms with Crippen LogP contribution in [0.1, 0.15) is 31.4 Å². The Morgan fingerprint density at radius 1 is 1.15 bits per heavy atom. The molecule has 0 radical (unpaired) electrons. The fourth-order valence-corrected chi connectivity index (χ4v) is 5.48. The van der Waals surface area contributed by atoms with Crippen LogP contribution >= 0.6 is 0 Å². The van der Waals surface area contributed by atoms with Crippen molar-refractivity contribution in [3.05, 3.63) is 66.2 Å². The van der Waals surface area contributed by atoms with E-state index in [1.165, 1.54) is 12.0 Å². The summed E-state index contributed by atoms with van der Waals surface area (Å²) >= 11 is 0. The van der Waals surface area contributed by atoms with E-state index in [2.05, 4.69) is 37.3 Å². The molecule has 0 aromatic carbocycles. The van der Waals surface area contributed by atoms with Crippen LogP contribution in [-0.4, -0.2) is 62.7 Å². The van der Waals surface area contributed by atoms with Gasteiger partial charge in [-0.15, -0.1) is 0 Å². The zero-order valence-corrected chi connectivity index (χ0v) is 22.2. The number of piperidine rings is 1. The molecule has 3 aliphatic heterocycles. The first-order valence-corrected chi connectivity index (χ1v) is 13.1. The van der Waals surface area contributed by atoms with Crippen LogP contribution in [0.3, 0.4) is 0 Å². The minimum absolute atomic E-state index is 0.0811. The lowest BCUT2D eigenvalue weighted by atomic mass is 9.87. The average molecular weight is 523 g/mol. The van der Waals surface area contributed by atoms with Gasteiger partial charge in [-0.05, 0) is 30.2 Å². The van der Waals surface area contributed by atoms with Crippen molar-refractivity contribution in [2.24, 2.45) is 5.92 Å². The van der Waals surface area contributed by atoms with Crippen LogP contribution in [0.4, 0.5) is 11.5 Å². The van der Waals surface area contributed by atoms with Crippen molar-refractivity contribution in [1.29, 1.82) is 5.26 Å². The maximum Gasteiger partial charge on any atom is 0.226 e. The van der Waals surface area contributed by atoms with E-state index >= 15 is 0 Å². The molecule has 3 aliphatic rings. The van der Waals surface area contributed by atoms with Gasteiger partial charge >= 0.3 is 0 Å². The lowest BCUT2D eigenvalue weighted by Gasteiger charge is -2.56. The smallest absolute Gasteiger partial charge is 0.226 e. The number of methoxy groups -OCH3 is 1. The highest BCUT2D eigenvalue weighted by Crippen LogP contribution is 2.36. The van der Waals surface area contributed by atoms with Crippen molar-refractivity contribution in [1.82, 2.24) is 24.5 Å². The van der Waals surface area contributed by atoms with Crippen LogP contribution in [0.15, 0.2) is 55.1 Å². The molecule has 7 rings (SSSR count). The monoisotopic (exact) mass is 522 g/mol. The lowest BCUT2D eigenvalue weighted by molar-refractivity contribution is -0.118. The van der Waals surface area contributed by atoms with Crippen LogP contribution in [0.2, 0.25) is 0 Å². The Balaban J connectivity index is 1.20. The fraction of sp³-hybridized carbons (Fsp3) is 0.345. The highest BCUT2D eigenvalue weighted by Gasteiger charge is 2.44. The number of aromatic nitrogens is 4. The molecule has 3 fully saturated rings. The van der Waals surface area contributed by atoms with Crippen molar-refractivity contribution >= 4 is 22.9 Å². The van der Waals surface area contributed by atoms with Crippen molar-refractivity contribution in [2.75, 3.05) is 30.4 Å². The van der Waals surface area contributed by atoms with E-state index < -0.39 is 0 Å². The van der Waals surface area contributed by atoms with Gasteiger partial charge in [0, 0.05) is 67.2 Å². The van der Waals surface area contributed by atoms with E-state index in [-0.39, 0.29) is 11.8 Å². The number of fused-ring (bicyclic) bond motifs is 3. The summed E-state index contributed by atoms with van der Waals surface area (Å²) in [6.45, 7) is 6.43. The summed E-state index contributed by atoms with van der Waals surface area (Å²) in [5, 5.41) is 16.9. The predicted molar refractivity (Wildman–Crippen MR) is 147 cm³/mol. The summed E-state index contributed by atoms with van der Waals surface area (Å²) in [7, 11) is 1.63. The topological polar surface area (TPSA) is 112 Å². The Bertz CT molecular complexity index is 1540. The van der Waals surface area contributed by atoms with Gasteiger partial charge in [0.2, 0.25) is 11.8 Å². The first-order valence-electron chi connectivity index (χ1n) is 13.1. The van der Waals surface area contributed by atoms with Gasteiger partial charge < -0.3 is 15.0 Å². The van der Waals surface area contributed by atoms with Crippen LogP contribution in [0.5, 0.6) is 5.88 Å². The Hall–Kier alpha value is -4.49. The second kappa shape index (κ2) is 10.0. The van der Waals surface area contributed by atoms with Gasteiger partial charge in [0.25, 0.3) is 0 Å². The Morgan fingerprint density at radius 3 is 2.62 bits per heavy atom. The highest BCUT2D eigenvalue weighted by atomic mass is 16.5. The zero-order chi connectivity index (χ0) is 27.1. The molecule has 3 saturated heterocycles. The zero-order valence-electron chi connectivity index (χ0n) is 22.2. The van der Waals surface area contributed by atoms with Crippen molar-refractivity contribution in [3.8, 4) is 23.1 Å². The molecule has 2 atom stereocenters. The third-order valence-electron chi connectivity index (χ3n) is 7.62. The number of pyridine rings is 3. The molecule has 2 unspecified atom stereocenters. The first kappa shape index (κ1) is 24.8. The third kappa shape index (κ3) is 4.66. The molecular formula is C29H30N8O2. The van der Waals surface area contributed by atoms with Gasteiger partial charge in [-0.2, -0.15) is 10.4 Å². The van der Waals surface area contributed by atoms with Gasteiger partial charge in [-0.3, -0.25) is 9.69 Å². The molecule has 2 bridgehead atoms. The Kier molecular flexibility index (Phi) is 6.37. The second-order valence-corrected chi connectivity index (χ2v) is 10.5. The SMILES string of the molecule is COc1ccc(CN2C3CC2CN(c2ccc(-c4cc(NC(=O)C(C)C)cn5ncc(C#N)c45)cn2)C3)cn1. The molecule has 10 nitrogen and oxygen atoms in total. The predicted octanol–water partition coefficient (Wildman–Crippen LogP) is 3.73. The number of anilines is 2. The molecule has 198 valence electrons. The van der Waals surface area contributed by atoms with Crippen LogP contribution in [0, 0.1) is 17.2 Å². The summed E-state index contributed by atoms with van der Waals surface area (Å²) in [4.78, 5) is 26.4. The number of piperazine rings is 1. The summed E-state index contributed by atoms with van der Waals surface area (Å²) in [5.41, 5.74) is 4.63. The molecule has 4 aromatic heterocycles. The normalized spacial score (nSPS) is 18.6.